The van der Waals surface area contributed by atoms with E-state index in [0.717, 1.165) is 11.0 Å². The summed E-state index contributed by atoms with van der Waals surface area (Å²) in [4.78, 5) is 16.3. The second kappa shape index (κ2) is 4.38. The molecule has 1 aromatic carbocycles. The van der Waals surface area contributed by atoms with Crippen LogP contribution in [0.25, 0.3) is 16.8 Å². The first kappa shape index (κ1) is 12.2. The molecule has 5 nitrogen and oxygen atoms in total. The molecule has 0 aliphatic heterocycles. The highest BCUT2D eigenvalue weighted by Gasteiger charge is 2.19. The molecule has 0 radical (unpaired) electrons. The smallest absolute Gasteiger partial charge is 0.241 e. The molecule has 2 aromatic heterocycles. The molecular formula is C13H14N4OS. The van der Waals surface area contributed by atoms with Gasteiger partial charge in [-0.25, -0.2) is 9.55 Å². The van der Waals surface area contributed by atoms with E-state index >= 15 is 0 Å². The van der Waals surface area contributed by atoms with Crippen molar-refractivity contribution in [3.63, 3.8) is 0 Å². The Morgan fingerprint density at radius 3 is 2.74 bits per heavy atom. The Bertz CT molecular complexity index is 771. The number of benzene rings is 1. The van der Waals surface area contributed by atoms with Gasteiger partial charge in [0.15, 0.2) is 5.16 Å². The van der Waals surface area contributed by atoms with Gasteiger partial charge in [0, 0.05) is 12.2 Å². The van der Waals surface area contributed by atoms with Gasteiger partial charge in [0.25, 0.3) is 0 Å². The number of imidazole rings is 1. The van der Waals surface area contributed by atoms with Gasteiger partial charge in [-0.3, -0.25) is 4.79 Å². The molecule has 0 fully saturated rings. The molecule has 3 rings (SSSR count). The lowest BCUT2D eigenvalue weighted by molar-refractivity contribution is 0.0931. The Hall–Kier alpha value is -1.82. The van der Waals surface area contributed by atoms with Gasteiger partial charge in [0.1, 0.15) is 0 Å². The molecule has 0 aliphatic rings. The van der Waals surface area contributed by atoms with Gasteiger partial charge in [-0.2, -0.15) is 4.52 Å². The molecule has 0 saturated carbocycles. The zero-order valence-electron chi connectivity index (χ0n) is 11.0. The minimum Gasteiger partial charge on any atom is -0.274 e. The number of nitrogens with zero attached hydrogens (tertiary/aromatic N) is 4. The predicted octanol–water partition coefficient (Wildman–Crippen LogP) is 2.84. The highest BCUT2D eigenvalue weighted by molar-refractivity contribution is 7.99. The van der Waals surface area contributed by atoms with Crippen molar-refractivity contribution in [1.29, 1.82) is 0 Å². The number of carbonyl (C=O) groups is 1. The zero-order chi connectivity index (χ0) is 13.6. The third-order valence-electron chi connectivity index (χ3n) is 2.75. The van der Waals surface area contributed by atoms with Gasteiger partial charge in [-0.05, 0) is 12.1 Å². The molecule has 6 heteroatoms. The van der Waals surface area contributed by atoms with Crippen molar-refractivity contribution in [1.82, 2.24) is 19.2 Å². The summed E-state index contributed by atoms with van der Waals surface area (Å²) in [5.41, 5.74) is 1.77. The number of fused-ring (bicyclic) bond motifs is 3. The van der Waals surface area contributed by atoms with Crippen molar-refractivity contribution in [2.45, 2.75) is 31.2 Å². The molecule has 19 heavy (non-hydrogen) atoms. The van der Waals surface area contributed by atoms with Crippen LogP contribution in [0.2, 0.25) is 0 Å². The van der Waals surface area contributed by atoms with E-state index in [2.05, 4.69) is 23.9 Å². The third-order valence-corrected chi connectivity index (χ3v) is 3.70. The van der Waals surface area contributed by atoms with Crippen molar-refractivity contribution in [2.24, 2.45) is 0 Å². The summed E-state index contributed by atoms with van der Waals surface area (Å²) in [5, 5.41) is 5.57. The molecule has 0 spiro atoms. The second-order valence-corrected chi connectivity index (χ2v) is 6.16. The maximum atomic E-state index is 11.9. The van der Waals surface area contributed by atoms with Gasteiger partial charge in [0.05, 0.1) is 11.0 Å². The fourth-order valence-corrected chi connectivity index (χ4v) is 2.89. The average Bonchev–Trinajstić information content (AvgIpc) is 2.83. The monoisotopic (exact) mass is 274 g/mol. The topological polar surface area (TPSA) is 52.2 Å². The normalized spacial score (nSPS) is 11.8. The van der Waals surface area contributed by atoms with Crippen LogP contribution in [0, 0.1) is 0 Å². The quantitative estimate of drug-likeness (QED) is 0.674. The standard InChI is InChI=1S/C13H14N4OS/c1-8(2)19-13-15-17-11-7-5-4-6-10(11)14-12(17)16(13)9(3)18/h4-8H,1-3H3. The summed E-state index contributed by atoms with van der Waals surface area (Å²) in [6, 6.07) is 7.75. The molecule has 0 saturated heterocycles. The van der Waals surface area contributed by atoms with Crippen LogP contribution in [-0.2, 0) is 0 Å². The molecule has 0 bridgehead atoms. The minimum absolute atomic E-state index is 0.0686. The van der Waals surface area contributed by atoms with Crippen molar-refractivity contribution in [3.8, 4) is 0 Å². The lowest BCUT2D eigenvalue weighted by Gasteiger charge is -2.04. The van der Waals surface area contributed by atoms with Crippen LogP contribution in [0.1, 0.15) is 25.6 Å². The van der Waals surface area contributed by atoms with E-state index < -0.39 is 0 Å². The maximum Gasteiger partial charge on any atom is 0.241 e. The number of aromatic nitrogens is 4. The summed E-state index contributed by atoms with van der Waals surface area (Å²) in [6.45, 7) is 5.68. The van der Waals surface area contributed by atoms with E-state index in [9.17, 15) is 4.79 Å². The van der Waals surface area contributed by atoms with Crippen LogP contribution >= 0.6 is 11.8 Å². The Labute approximate surface area is 114 Å². The van der Waals surface area contributed by atoms with Crippen molar-refractivity contribution < 1.29 is 4.79 Å². The summed E-state index contributed by atoms with van der Waals surface area (Å²) in [6.07, 6.45) is 0. The van der Waals surface area contributed by atoms with Gasteiger partial charge in [0.2, 0.25) is 11.7 Å². The van der Waals surface area contributed by atoms with Crippen molar-refractivity contribution >= 4 is 34.5 Å². The highest BCUT2D eigenvalue weighted by Crippen LogP contribution is 2.25. The number of hydrogen-bond donors (Lipinski definition) is 0. The number of carbonyl (C=O) groups excluding carboxylic acids is 1. The zero-order valence-corrected chi connectivity index (χ0v) is 11.8. The van der Waals surface area contributed by atoms with Crippen LogP contribution in [0.5, 0.6) is 0 Å². The molecule has 0 amide bonds. The van der Waals surface area contributed by atoms with Gasteiger partial charge < -0.3 is 0 Å². The van der Waals surface area contributed by atoms with Gasteiger partial charge in [-0.15, -0.1) is 5.10 Å². The first-order chi connectivity index (χ1) is 9.08. The molecular weight excluding hydrogens is 260 g/mol. The molecule has 98 valence electrons. The Balaban J connectivity index is 2.33. The second-order valence-electron chi connectivity index (χ2n) is 4.62. The van der Waals surface area contributed by atoms with Gasteiger partial charge in [-0.1, -0.05) is 37.7 Å². The molecule has 0 aliphatic carbocycles. The lowest BCUT2D eigenvalue weighted by atomic mass is 10.3. The maximum absolute atomic E-state index is 11.9. The highest BCUT2D eigenvalue weighted by atomic mass is 32.2. The summed E-state index contributed by atoms with van der Waals surface area (Å²) >= 11 is 1.56. The SMILES string of the molecule is CC(=O)n1c(SC(C)C)nn2c3ccccc3nc12. The number of hydrogen-bond acceptors (Lipinski definition) is 4. The van der Waals surface area contributed by atoms with E-state index in [0.29, 0.717) is 16.2 Å². The fourth-order valence-electron chi connectivity index (χ4n) is 2.02. The van der Waals surface area contributed by atoms with E-state index in [1.165, 1.54) is 6.92 Å². The van der Waals surface area contributed by atoms with Crippen molar-refractivity contribution in [2.75, 3.05) is 0 Å². The van der Waals surface area contributed by atoms with Gasteiger partial charge >= 0.3 is 0 Å². The minimum atomic E-state index is -0.0686. The first-order valence-corrected chi connectivity index (χ1v) is 6.99. The number of para-hydroxylation sites is 2. The van der Waals surface area contributed by atoms with Crippen molar-refractivity contribution in [3.05, 3.63) is 24.3 Å². The van der Waals surface area contributed by atoms with Crippen LogP contribution in [0.3, 0.4) is 0 Å². The Kier molecular flexibility index (Phi) is 2.82. The van der Waals surface area contributed by atoms with E-state index in [4.69, 9.17) is 0 Å². The van der Waals surface area contributed by atoms with E-state index in [1.807, 2.05) is 24.3 Å². The van der Waals surface area contributed by atoms with Crippen LogP contribution < -0.4 is 0 Å². The molecule has 3 aromatic rings. The fraction of sp³-hybridized carbons (Fsp3) is 0.308. The molecule has 2 heterocycles. The first-order valence-electron chi connectivity index (χ1n) is 6.11. The Morgan fingerprint density at radius 1 is 1.32 bits per heavy atom. The average molecular weight is 274 g/mol. The van der Waals surface area contributed by atoms with Crippen LogP contribution in [0.4, 0.5) is 0 Å². The van der Waals surface area contributed by atoms with Crippen LogP contribution in [0.15, 0.2) is 29.4 Å². The summed E-state index contributed by atoms with van der Waals surface area (Å²) in [5.74, 6) is 0.512. The van der Waals surface area contributed by atoms with Crippen LogP contribution in [-0.4, -0.2) is 30.3 Å². The number of thioether (sulfide) groups is 1. The van der Waals surface area contributed by atoms with E-state index in [1.54, 1.807) is 20.8 Å². The molecule has 0 atom stereocenters. The molecule has 0 unspecified atom stereocenters. The summed E-state index contributed by atoms with van der Waals surface area (Å²) in [7, 11) is 0. The third kappa shape index (κ3) is 1.92. The summed E-state index contributed by atoms with van der Waals surface area (Å²) < 4.78 is 3.31. The Morgan fingerprint density at radius 2 is 2.05 bits per heavy atom. The lowest BCUT2D eigenvalue weighted by Crippen LogP contribution is -2.08. The predicted molar refractivity (Wildman–Crippen MR) is 75.8 cm³/mol. The number of rotatable bonds is 2. The van der Waals surface area contributed by atoms with E-state index in [-0.39, 0.29) is 5.91 Å². The molecule has 0 N–H and O–H groups in total. The largest absolute Gasteiger partial charge is 0.274 e.